The summed E-state index contributed by atoms with van der Waals surface area (Å²) in [4.78, 5) is 11.5. The number of fused-ring (bicyclic) bond motifs is 1. The SMILES string of the molecule is CC(C)Cc1ccc2c(=O)ccoc2c1. The van der Waals surface area contributed by atoms with Gasteiger partial charge in [0.1, 0.15) is 5.58 Å². The van der Waals surface area contributed by atoms with Crippen molar-refractivity contribution < 1.29 is 4.42 Å². The molecule has 1 aromatic heterocycles. The van der Waals surface area contributed by atoms with E-state index in [0.29, 0.717) is 16.9 Å². The lowest BCUT2D eigenvalue weighted by atomic mass is 10.0. The van der Waals surface area contributed by atoms with Gasteiger partial charge in [-0.2, -0.15) is 0 Å². The van der Waals surface area contributed by atoms with Crippen LogP contribution in [0.5, 0.6) is 0 Å². The molecule has 2 nitrogen and oxygen atoms in total. The molecule has 0 aliphatic heterocycles. The van der Waals surface area contributed by atoms with Crippen molar-refractivity contribution in [2.45, 2.75) is 20.3 Å². The molecule has 0 saturated carbocycles. The van der Waals surface area contributed by atoms with Crippen molar-refractivity contribution in [3.63, 3.8) is 0 Å². The van der Waals surface area contributed by atoms with Gasteiger partial charge in [0, 0.05) is 6.07 Å². The van der Waals surface area contributed by atoms with Gasteiger partial charge in [0.15, 0.2) is 5.43 Å². The summed E-state index contributed by atoms with van der Waals surface area (Å²) in [6.45, 7) is 4.34. The van der Waals surface area contributed by atoms with Crippen LogP contribution in [0.4, 0.5) is 0 Å². The minimum atomic E-state index is 0.0207. The van der Waals surface area contributed by atoms with E-state index in [-0.39, 0.29) is 5.43 Å². The summed E-state index contributed by atoms with van der Waals surface area (Å²) in [5.41, 5.74) is 1.92. The van der Waals surface area contributed by atoms with Gasteiger partial charge in [0.05, 0.1) is 11.6 Å². The molecule has 0 amide bonds. The fraction of sp³-hybridized carbons (Fsp3) is 0.308. The maximum absolute atomic E-state index is 11.5. The van der Waals surface area contributed by atoms with Crippen molar-refractivity contribution >= 4 is 11.0 Å². The molecule has 2 aromatic rings. The quantitative estimate of drug-likeness (QED) is 0.749. The van der Waals surface area contributed by atoms with E-state index >= 15 is 0 Å². The predicted octanol–water partition coefficient (Wildman–Crippen LogP) is 2.99. The molecule has 0 N–H and O–H groups in total. The fourth-order valence-electron chi connectivity index (χ4n) is 1.73. The Morgan fingerprint density at radius 2 is 2.07 bits per heavy atom. The van der Waals surface area contributed by atoms with E-state index in [1.165, 1.54) is 17.9 Å². The van der Waals surface area contributed by atoms with Crippen LogP contribution < -0.4 is 5.43 Å². The molecule has 0 spiro atoms. The maximum Gasteiger partial charge on any atom is 0.192 e. The van der Waals surface area contributed by atoms with Gasteiger partial charge in [0.25, 0.3) is 0 Å². The molecule has 0 radical (unpaired) electrons. The summed E-state index contributed by atoms with van der Waals surface area (Å²) >= 11 is 0. The monoisotopic (exact) mass is 202 g/mol. The van der Waals surface area contributed by atoms with Crippen LogP contribution >= 0.6 is 0 Å². The van der Waals surface area contributed by atoms with Crippen molar-refractivity contribution in [1.82, 2.24) is 0 Å². The van der Waals surface area contributed by atoms with Crippen LogP contribution in [0, 0.1) is 5.92 Å². The number of hydrogen-bond donors (Lipinski definition) is 0. The van der Waals surface area contributed by atoms with Gasteiger partial charge in [-0.25, -0.2) is 0 Å². The third kappa shape index (κ3) is 2.09. The smallest absolute Gasteiger partial charge is 0.192 e. The highest BCUT2D eigenvalue weighted by Gasteiger charge is 2.02. The van der Waals surface area contributed by atoms with Crippen LogP contribution in [-0.2, 0) is 6.42 Å². The molecule has 1 aromatic carbocycles. The highest BCUT2D eigenvalue weighted by atomic mass is 16.3. The lowest BCUT2D eigenvalue weighted by Gasteiger charge is -2.05. The van der Waals surface area contributed by atoms with Crippen LogP contribution in [0.1, 0.15) is 19.4 Å². The van der Waals surface area contributed by atoms with E-state index in [4.69, 9.17) is 4.42 Å². The van der Waals surface area contributed by atoms with Crippen LogP contribution in [0.2, 0.25) is 0 Å². The van der Waals surface area contributed by atoms with E-state index in [2.05, 4.69) is 13.8 Å². The van der Waals surface area contributed by atoms with Crippen molar-refractivity contribution in [3.05, 3.63) is 46.3 Å². The first-order chi connectivity index (χ1) is 7.16. The molecule has 2 heteroatoms. The second-order valence-electron chi connectivity index (χ2n) is 4.21. The first kappa shape index (κ1) is 9.97. The largest absolute Gasteiger partial charge is 0.464 e. The average Bonchev–Trinajstić information content (AvgIpc) is 2.17. The van der Waals surface area contributed by atoms with E-state index in [0.717, 1.165) is 6.42 Å². The first-order valence-electron chi connectivity index (χ1n) is 5.17. The number of rotatable bonds is 2. The average molecular weight is 202 g/mol. The fourth-order valence-corrected chi connectivity index (χ4v) is 1.73. The minimum Gasteiger partial charge on any atom is -0.464 e. The van der Waals surface area contributed by atoms with Crippen molar-refractivity contribution in [2.75, 3.05) is 0 Å². The van der Waals surface area contributed by atoms with Crippen LogP contribution in [-0.4, -0.2) is 0 Å². The Morgan fingerprint density at radius 1 is 1.27 bits per heavy atom. The lowest BCUT2D eigenvalue weighted by Crippen LogP contribution is -1.99. The summed E-state index contributed by atoms with van der Waals surface area (Å²) < 4.78 is 5.31. The second-order valence-corrected chi connectivity index (χ2v) is 4.21. The molecule has 0 fully saturated rings. The lowest BCUT2D eigenvalue weighted by molar-refractivity contribution is 0.599. The number of hydrogen-bond acceptors (Lipinski definition) is 2. The summed E-state index contributed by atoms with van der Waals surface area (Å²) in [7, 11) is 0. The zero-order valence-corrected chi connectivity index (χ0v) is 8.99. The van der Waals surface area contributed by atoms with E-state index in [9.17, 15) is 4.79 Å². The molecule has 0 atom stereocenters. The van der Waals surface area contributed by atoms with E-state index < -0.39 is 0 Å². The Labute approximate surface area is 88.5 Å². The normalized spacial score (nSPS) is 11.1. The Bertz CT molecular complexity index is 523. The Balaban J connectivity index is 2.52. The predicted molar refractivity (Wildman–Crippen MR) is 61.0 cm³/mol. The van der Waals surface area contributed by atoms with Gasteiger partial charge in [-0.15, -0.1) is 0 Å². The Morgan fingerprint density at radius 3 is 2.80 bits per heavy atom. The summed E-state index contributed by atoms with van der Waals surface area (Å²) in [5.74, 6) is 0.609. The molecule has 0 aliphatic rings. The molecule has 0 bridgehead atoms. The summed E-state index contributed by atoms with van der Waals surface area (Å²) in [6, 6.07) is 7.25. The molecule has 0 saturated heterocycles. The van der Waals surface area contributed by atoms with Gasteiger partial charge < -0.3 is 4.42 Å². The van der Waals surface area contributed by atoms with Crippen molar-refractivity contribution in [3.8, 4) is 0 Å². The third-order valence-electron chi connectivity index (χ3n) is 2.37. The van der Waals surface area contributed by atoms with E-state index in [1.54, 1.807) is 0 Å². The highest BCUT2D eigenvalue weighted by Crippen LogP contribution is 2.15. The molecule has 78 valence electrons. The molecule has 0 aliphatic carbocycles. The zero-order chi connectivity index (χ0) is 10.8. The van der Waals surface area contributed by atoms with Gasteiger partial charge in [-0.3, -0.25) is 4.79 Å². The zero-order valence-electron chi connectivity index (χ0n) is 8.99. The topological polar surface area (TPSA) is 30.2 Å². The van der Waals surface area contributed by atoms with Gasteiger partial charge in [-0.1, -0.05) is 19.9 Å². The number of benzene rings is 1. The molecular weight excluding hydrogens is 188 g/mol. The van der Waals surface area contributed by atoms with Gasteiger partial charge in [-0.05, 0) is 30.0 Å². The van der Waals surface area contributed by atoms with Gasteiger partial charge >= 0.3 is 0 Å². The molecule has 2 rings (SSSR count). The standard InChI is InChI=1S/C13H14O2/c1-9(2)7-10-3-4-11-12(14)5-6-15-13(11)8-10/h3-6,8-9H,7H2,1-2H3. The molecule has 15 heavy (non-hydrogen) atoms. The third-order valence-corrected chi connectivity index (χ3v) is 2.37. The summed E-state index contributed by atoms with van der Waals surface area (Å²) in [6.07, 6.45) is 2.46. The Kier molecular flexibility index (Phi) is 2.58. The van der Waals surface area contributed by atoms with Crippen LogP contribution in [0.3, 0.4) is 0 Å². The summed E-state index contributed by atoms with van der Waals surface area (Å²) in [5, 5.41) is 0.657. The molecule has 0 unspecified atom stereocenters. The molecular formula is C13H14O2. The Hall–Kier alpha value is -1.57. The van der Waals surface area contributed by atoms with Crippen molar-refractivity contribution in [2.24, 2.45) is 5.92 Å². The van der Waals surface area contributed by atoms with E-state index in [1.807, 2.05) is 18.2 Å². The maximum atomic E-state index is 11.5. The van der Waals surface area contributed by atoms with Crippen molar-refractivity contribution in [1.29, 1.82) is 0 Å². The highest BCUT2D eigenvalue weighted by molar-refractivity contribution is 5.76. The second kappa shape index (κ2) is 3.89. The minimum absolute atomic E-state index is 0.0207. The van der Waals surface area contributed by atoms with Crippen LogP contribution in [0.15, 0.2) is 39.7 Å². The first-order valence-corrected chi connectivity index (χ1v) is 5.17. The van der Waals surface area contributed by atoms with Gasteiger partial charge in [0.2, 0.25) is 0 Å². The molecule has 1 heterocycles. The van der Waals surface area contributed by atoms with Crippen LogP contribution in [0.25, 0.3) is 11.0 Å².